The van der Waals surface area contributed by atoms with Crippen LogP contribution in [0.1, 0.15) is 11.1 Å². The summed E-state index contributed by atoms with van der Waals surface area (Å²) in [4.78, 5) is 7.68. The molecule has 5 nitrogen and oxygen atoms in total. The van der Waals surface area contributed by atoms with Crippen LogP contribution in [0.2, 0.25) is 5.15 Å². The van der Waals surface area contributed by atoms with Crippen LogP contribution in [0.15, 0.2) is 30.3 Å². The normalized spacial score (nSPS) is 10.3. The molecular formula is C12H13ClN4O. The SMILES string of the molecule is NCc1cccc(COc2cc(Cl)nc(N)n2)c1. The number of hydrogen-bond acceptors (Lipinski definition) is 5. The van der Waals surface area contributed by atoms with Crippen molar-refractivity contribution in [2.75, 3.05) is 5.73 Å². The van der Waals surface area contributed by atoms with Crippen molar-refractivity contribution in [3.63, 3.8) is 0 Å². The van der Waals surface area contributed by atoms with Crippen molar-refractivity contribution in [1.82, 2.24) is 9.97 Å². The molecule has 0 unspecified atom stereocenters. The van der Waals surface area contributed by atoms with Gasteiger partial charge < -0.3 is 16.2 Å². The van der Waals surface area contributed by atoms with Crippen LogP contribution in [0, 0.1) is 0 Å². The van der Waals surface area contributed by atoms with E-state index in [4.69, 9.17) is 27.8 Å². The highest BCUT2D eigenvalue weighted by Crippen LogP contribution is 2.16. The third kappa shape index (κ3) is 3.32. The average Bonchev–Trinajstić information content (AvgIpc) is 2.35. The summed E-state index contributed by atoms with van der Waals surface area (Å²) in [5.41, 5.74) is 13.1. The van der Waals surface area contributed by atoms with Crippen molar-refractivity contribution in [1.29, 1.82) is 0 Å². The second kappa shape index (κ2) is 5.66. The Morgan fingerprint density at radius 1 is 1.17 bits per heavy atom. The van der Waals surface area contributed by atoms with Gasteiger partial charge in [-0.2, -0.15) is 4.98 Å². The van der Waals surface area contributed by atoms with Gasteiger partial charge in [-0.3, -0.25) is 0 Å². The van der Waals surface area contributed by atoms with E-state index in [1.165, 1.54) is 6.07 Å². The number of anilines is 1. The lowest BCUT2D eigenvalue weighted by molar-refractivity contribution is 0.294. The van der Waals surface area contributed by atoms with E-state index >= 15 is 0 Å². The highest BCUT2D eigenvalue weighted by molar-refractivity contribution is 6.29. The summed E-state index contributed by atoms with van der Waals surface area (Å²) < 4.78 is 5.50. The molecule has 0 saturated heterocycles. The Bertz CT molecular complexity index is 527. The van der Waals surface area contributed by atoms with Gasteiger partial charge in [0.05, 0.1) is 0 Å². The summed E-state index contributed by atoms with van der Waals surface area (Å²) in [7, 11) is 0. The first-order chi connectivity index (χ1) is 8.67. The summed E-state index contributed by atoms with van der Waals surface area (Å²) in [6.07, 6.45) is 0. The zero-order valence-corrected chi connectivity index (χ0v) is 10.4. The molecule has 0 fully saturated rings. The highest BCUT2D eigenvalue weighted by atomic mass is 35.5. The van der Waals surface area contributed by atoms with Gasteiger partial charge in [0, 0.05) is 12.6 Å². The van der Waals surface area contributed by atoms with Gasteiger partial charge >= 0.3 is 0 Å². The molecular weight excluding hydrogens is 252 g/mol. The van der Waals surface area contributed by atoms with E-state index in [1.807, 2.05) is 24.3 Å². The van der Waals surface area contributed by atoms with E-state index in [2.05, 4.69) is 9.97 Å². The van der Waals surface area contributed by atoms with Gasteiger partial charge in [-0.25, -0.2) is 4.98 Å². The average molecular weight is 265 g/mol. The minimum atomic E-state index is 0.0909. The maximum Gasteiger partial charge on any atom is 0.224 e. The molecule has 18 heavy (non-hydrogen) atoms. The Kier molecular flexibility index (Phi) is 3.96. The minimum Gasteiger partial charge on any atom is -0.473 e. The van der Waals surface area contributed by atoms with Gasteiger partial charge in [-0.05, 0) is 11.1 Å². The fourth-order valence-electron chi connectivity index (χ4n) is 1.49. The van der Waals surface area contributed by atoms with Gasteiger partial charge in [-0.15, -0.1) is 0 Å². The number of rotatable bonds is 4. The van der Waals surface area contributed by atoms with Crippen LogP contribution in [0.3, 0.4) is 0 Å². The lowest BCUT2D eigenvalue weighted by Gasteiger charge is -2.07. The quantitative estimate of drug-likeness (QED) is 0.822. The van der Waals surface area contributed by atoms with E-state index in [9.17, 15) is 0 Å². The zero-order valence-electron chi connectivity index (χ0n) is 9.64. The Morgan fingerprint density at radius 3 is 2.67 bits per heavy atom. The van der Waals surface area contributed by atoms with Crippen LogP contribution in [0.4, 0.5) is 5.95 Å². The molecule has 0 aliphatic heterocycles. The fourth-order valence-corrected chi connectivity index (χ4v) is 1.67. The molecule has 2 rings (SSSR count). The Labute approximate surface area is 110 Å². The molecule has 0 aliphatic carbocycles. The number of benzene rings is 1. The Hall–Kier alpha value is -1.85. The third-order valence-electron chi connectivity index (χ3n) is 2.30. The number of nitrogens with two attached hydrogens (primary N) is 2. The van der Waals surface area contributed by atoms with Crippen molar-refractivity contribution in [2.24, 2.45) is 5.73 Å². The van der Waals surface area contributed by atoms with E-state index in [-0.39, 0.29) is 11.1 Å². The molecule has 2 aromatic rings. The second-order valence-electron chi connectivity index (χ2n) is 3.70. The molecule has 94 valence electrons. The molecule has 0 spiro atoms. The Morgan fingerprint density at radius 2 is 1.94 bits per heavy atom. The molecule has 0 radical (unpaired) electrons. The van der Waals surface area contributed by atoms with Gasteiger partial charge in [0.15, 0.2) is 0 Å². The van der Waals surface area contributed by atoms with Crippen LogP contribution in [0.25, 0.3) is 0 Å². The van der Waals surface area contributed by atoms with Gasteiger partial charge in [0.1, 0.15) is 11.8 Å². The minimum absolute atomic E-state index is 0.0909. The topological polar surface area (TPSA) is 87.0 Å². The first kappa shape index (κ1) is 12.6. The maximum absolute atomic E-state index is 5.75. The van der Waals surface area contributed by atoms with E-state index in [0.29, 0.717) is 19.0 Å². The summed E-state index contributed by atoms with van der Waals surface area (Å²) in [5, 5.41) is 0.258. The third-order valence-corrected chi connectivity index (χ3v) is 2.50. The number of nitrogen functional groups attached to an aromatic ring is 1. The van der Waals surface area contributed by atoms with Gasteiger partial charge in [0.25, 0.3) is 0 Å². The lowest BCUT2D eigenvalue weighted by atomic mass is 10.1. The van der Waals surface area contributed by atoms with Crippen LogP contribution < -0.4 is 16.2 Å². The number of aromatic nitrogens is 2. The number of hydrogen-bond donors (Lipinski definition) is 2. The maximum atomic E-state index is 5.75. The second-order valence-corrected chi connectivity index (χ2v) is 4.09. The van der Waals surface area contributed by atoms with Gasteiger partial charge in [0.2, 0.25) is 11.8 Å². The Balaban J connectivity index is 2.06. The van der Waals surface area contributed by atoms with E-state index in [0.717, 1.165) is 11.1 Å². The van der Waals surface area contributed by atoms with Crippen LogP contribution in [-0.4, -0.2) is 9.97 Å². The van der Waals surface area contributed by atoms with Crippen LogP contribution in [-0.2, 0) is 13.2 Å². The predicted molar refractivity (Wildman–Crippen MR) is 70.1 cm³/mol. The smallest absolute Gasteiger partial charge is 0.224 e. The molecule has 1 aromatic heterocycles. The molecule has 6 heteroatoms. The standard InChI is InChI=1S/C12H13ClN4O/c13-10-5-11(17-12(15)16-10)18-7-9-3-1-2-8(4-9)6-14/h1-5H,6-7,14H2,(H2,15,16,17). The molecule has 0 aliphatic rings. The van der Waals surface area contributed by atoms with Crippen molar-refractivity contribution in [2.45, 2.75) is 13.2 Å². The zero-order chi connectivity index (χ0) is 13.0. The molecule has 0 bridgehead atoms. The molecule has 1 aromatic carbocycles. The fraction of sp³-hybridized carbons (Fsp3) is 0.167. The lowest BCUT2D eigenvalue weighted by Crippen LogP contribution is -2.02. The number of nitrogens with zero attached hydrogens (tertiary/aromatic N) is 2. The molecule has 0 saturated carbocycles. The van der Waals surface area contributed by atoms with Crippen LogP contribution in [0.5, 0.6) is 5.88 Å². The number of ether oxygens (including phenoxy) is 1. The summed E-state index contributed by atoms with van der Waals surface area (Å²) in [5.74, 6) is 0.443. The van der Waals surface area contributed by atoms with Crippen molar-refractivity contribution < 1.29 is 4.74 Å². The summed E-state index contributed by atoms with van der Waals surface area (Å²) in [6.45, 7) is 0.876. The summed E-state index contributed by atoms with van der Waals surface area (Å²) in [6, 6.07) is 9.34. The first-order valence-electron chi connectivity index (χ1n) is 5.38. The monoisotopic (exact) mass is 264 g/mol. The molecule has 0 amide bonds. The van der Waals surface area contributed by atoms with E-state index < -0.39 is 0 Å². The van der Waals surface area contributed by atoms with Crippen molar-refractivity contribution >= 4 is 17.5 Å². The first-order valence-corrected chi connectivity index (χ1v) is 5.76. The molecule has 4 N–H and O–H groups in total. The molecule has 1 heterocycles. The molecule has 0 atom stereocenters. The van der Waals surface area contributed by atoms with Crippen molar-refractivity contribution in [3.05, 3.63) is 46.6 Å². The van der Waals surface area contributed by atoms with Crippen LogP contribution >= 0.6 is 11.6 Å². The van der Waals surface area contributed by atoms with Gasteiger partial charge in [-0.1, -0.05) is 35.9 Å². The number of halogens is 1. The van der Waals surface area contributed by atoms with Crippen molar-refractivity contribution in [3.8, 4) is 5.88 Å². The summed E-state index contributed by atoms with van der Waals surface area (Å²) >= 11 is 5.75. The van der Waals surface area contributed by atoms with E-state index in [1.54, 1.807) is 0 Å². The largest absolute Gasteiger partial charge is 0.473 e. The highest BCUT2D eigenvalue weighted by Gasteiger charge is 2.02. The predicted octanol–water partition coefficient (Wildman–Crippen LogP) is 1.75.